The Morgan fingerprint density at radius 2 is 0.483 bits per heavy atom. The molecule has 0 unspecified atom stereocenters. The number of aryl methyl sites for hydroxylation is 5. The van der Waals surface area contributed by atoms with E-state index in [1.165, 1.54) is 81.4 Å². The molecule has 448 valence electrons. The number of halogens is 15. The first-order valence-electron chi connectivity index (χ1n) is 27.4. The van der Waals surface area contributed by atoms with E-state index in [-0.39, 0.29) is 89.3 Å². The third kappa shape index (κ3) is 11.1. The molecule has 0 saturated heterocycles. The summed E-state index contributed by atoms with van der Waals surface area (Å²) < 4.78 is 220. The standard InChI is InChI=1S/C71H44F15N3/c1-36-14-37(2)16-45(15-36)41-6-10-61-56(28-41)57-29-42(46-17-38(3)20-51(23-46)67(72,73)74)7-11-62(57)88(61)65-32-50(48-19-40(5)22-53(25-48)69(78,79)80)33-66(60(65)35-87)89-63-12-8-43(47-18-39(4)21-52(24-47)68(75,76)77)30-58(63)59-31-44(9-13-64(59)89)49-26-54(70(81,82)83)34-55(27-49)71(84,85)86/h6-34H,1-5H3. The maximum atomic E-state index is 14.8. The fourth-order valence-electron chi connectivity index (χ4n) is 12.1. The number of hydrogen-bond donors (Lipinski definition) is 0. The van der Waals surface area contributed by atoms with E-state index in [0.717, 1.165) is 58.7 Å². The van der Waals surface area contributed by atoms with Crippen molar-refractivity contribution in [2.45, 2.75) is 65.5 Å². The van der Waals surface area contributed by atoms with Gasteiger partial charge in [0.2, 0.25) is 0 Å². The maximum Gasteiger partial charge on any atom is 0.416 e. The second-order valence-electron chi connectivity index (χ2n) is 22.5. The van der Waals surface area contributed by atoms with Crippen molar-refractivity contribution in [1.82, 2.24) is 9.13 Å². The molecule has 0 atom stereocenters. The lowest BCUT2D eigenvalue weighted by Gasteiger charge is -2.19. The predicted octanol–water partition coefficient (Wildman–Crippen LogP) is 22.7. The van der Waals surface area contributed by atoms with Gasteiger partial charge in [-0.15, -0.1) is 0 Å². The monoisotopic (exact) mass is 1220 g/mol. The van der Waals surface area contributed by atoms with Crippen LogP contribution in [0.25, 0.3) is 111 Å². The van der Waals surface area contributed by atoms with E-state index in [1.54, 1.807) is 39.5 Å². The topological polar surface area (TPSA) is 33.6 Å². The SMILES string of the molecule is Cc1cc(C)cc(-c2ccc3c(c2)c2cc(-c4cc(C)cc(C(F)(F)F)c4)ccc2n3-c2cc(-c3cc(C)cc(C(F)(F)F)c3)cc(-n3c4ccc(-c5cc(C)cc(C(F)(F)F)c5)cc4c4cc(-c5cc(C(F)(F)F)cc(C(F)(F)F)c5)ccc43)c2C#N)c1. The highest BCUT2D eigenvalue weighted by Gasteiger charge is 2.38. The van der Waals surface area contributed by atoms with Gasteiger partial charge in [0.25, 0.3) is 0 Å². The smallest absolute Gasteiger partial charge is 0.308 e. The Balaban J connectivity index is 1.20. The highest BCUT2D eigenvalue weighted by Crippen LogP contribution is 2.47. The van der Waals surface area contributed by atoms with E-state index in [2.05, 4.69) is 6.07 Å². The van der Waals surface area contributed by atoms with Gasteiger partial charge in [-0.3, -0.25) is 0 Å². The van der Waals surface area contributed by atoms with E-state index < -0.39 is 64.3 Å². The van der Waals surface area contributed by atoms with E-state index in [0.29, 0.717) is 45.1 Å². The summed E-state index contributed by atoms with van der Waals surface area (Å²) in [6.07, 6.45) is -24.8. The quantitative estimate of drug-likeness (QED) is 0.146. The van der Waals surface area contributed by atoms with Crippen LogP contribution in [0, 0.1) is 45.9 Å². The zero-order valence-corrected chi connectivity index (χ0v) is 47.3. The molecular formula is C71H44F15N3. The summed E-state index contributed by atoms with van der Waals surface area (Å²) in [5.41, 5.74) is -0.285. The van der Waals surface area contributed by atoms with Crippen LogP contribution in [0.2, 0.25) is 0 Å². The highest BCUT2D eigenvalue weighted by molar-refractivity contribution is 6.14. The Morgan fingerprint density at radius 1 is 0.258 bits per heavy atom. The van der Waals surface area contributed by atoms with Gasteiger partial charge in [0.15, 0.2) is 0 Å². The molecule has 10 aromatic carbocycles. The van der Waals surface area contributed by atoms with E-state index >= 15 is 0 Å². The molecule has 89 heavy (non-hydrogen) atoms. The van der Waals surface area contributed by atoms with Gasteiger partial charge in [-0.1, -0.05) is 71.8 Å². The van der Waals surface area contributed by atoms with Crippen molar-refractivity contribution in [3.8, 4) is 73.1 Å². The van der Waals surface area contributed by atoms with Crippen molar-refractivity contribution in [2.75, 3.05) is 0 Å². The van der Waals surface area contributed by atoms with Gasteiger partial charge >= 0.3 is 30.9 Å². The molecule has 2 heterocycles. The molecule has 18 heteroatoms. The molecule has 0 spiro atoms. The first-order valence-corrected chi connectivity index (χ1v) is 27.4. The lowest BCUT2D eigenvalue weighted by atomic mass is 9.96. The number of rotatable bonds is 7. The fourth-order valence-corrected chi connectivity index (χ4v) is 12.1. The second kappa shape index (κ2) is 21.0. The van der Waals surface area contributed by atoms with Gasteiger partial charge < -0.3 is 9.13 Å². The maximum absolute atomic E-state index is 14.8. The van der Waals surface area contributed by atoms with Crippen molar-refractivity contribution in [3.05, 3.63) is 237 Å². The normalized spacial score (nSPS) is 12.7. The minimum Gasteiger partial charge on any atom is -0.308 e. The second-order valence-corrected chi connectivity index (χ2v) is 22.5. The Hall–Kier alpha value is -9.76. The van der Waals surface area contributed by atoms with Crippen molar-refractivity contribution in [2.24, 2.45) is 0 Å². The molecule has 12 aromatic rings. The van der Waals surface area contributed by atoms with Crippen LogP contribution < -0.4 is 0 Å². The molecule has 0 aliphatic heterocycles. The number of hydrogen-bond acceptors (Lipinski definition) is 1. The molecule has 0 N–H and O–H groups in total. The molecule has 0 aliphatic rings. The number of alkyl halides is 15. The average Bonchev–Trinajstić information content (AvgIpc) is 1.90. The van der Waals surface area contributed by atoms with Crippen molar-refractivity contribution < 1.29 is 65.9 Å². The van der Waals surface area contributed by atoms with Crippen LogP contribution in [-0.2, 0) is 30.9 Å². The van der Waals surface area contributed by atoms with E-state index in [1.807, 2.05) is 44.2 Å². The third-order valence-corrected chi connectivity index (χ3v) is 15.9. The summed E-state index contributed by atoms with van der Waals surface area (Å²) in [5.74, 6) is 0. The fraction of sp³-hybridized carbons (Fsp3) is 0.141. The summed E-state index contributed by atoms with van der Waals surface area (Å²) >= 11 is 0. The Kier molecular flexibility index (Phi) is 14.0. The lowest BCUT2D eigenvalue weighted by Crippen LogP contribution is -2.11. The van der Waals surface area contributed by atoms with Crippen LogP contribution >= 0.6 is 0 Å². The minimum atomic E-state index is -5.23. The van der Waals surface area contributed by atoms with E-state index in [9.17, 15) is 71.1 Å². The number of fused-ring (bicyclic) bond motifs is 6. The minimum absolute atomic E-state index is 0.00169. The predicted molar refractivity (Wildman–Crippen MR) is 316 cm³/mol. The van der Waals surface area contributed by atoms with Gasteiger partial charge in [-0.05, 0) is 222 Å². The largest absolute Gasteiger partial charge is 0.416 e. The molecule has 2 aromatic heterocycles. The molecule has 0 aliphatic carbocycles. The van der Waals surface area contributed by atoms with E-state index in [4.69, 9.17) is 0 Å². The van der Waals surface area contributed by atoms with Crippen LogP contribution in [0.5, 0.6) is 0 Å². The zero-order chi connectivity index (χ0) is 63.8. The number of aromatic nitrogens is 2. The summed E-state index contributed by atoms with van der Waals surface area (Å²) in [5, 5.41) is 13.2. The summed E-state index contributed by atoms with van der Waals surface area (Å²) in [6, 6.07) is 41.8. The molecule has 3 nitrogen and oxygen atoms in total. The molecular weight excluding hydrogens is 1180 g/mol. The van der Waals surface area contributed by atoms with Crippen LogP contribution in [0.3, 0.4) is 0 Å². The molecule has 0 bridgehead atoms. The summed E-state index contributed by atoms with van der Waals surface area (Å²) in [6.45, 7) is 8.31. The number of nitrogens with zero attached hydrogens (tertiary/aromatic N) is 3. The van der Waals surface area contributed by atoms with Crippen LogP contribution in [0.4, 0.5) is 65.9 Å². The van der Waals surface area contributed by atoms with Gasteiger partial charge in [-0.25, -0.2) is 0 Å². The highest BCUT2D eigenvalue weighted by atomic mass is 19.4. The van der Waals surface area contributed by atoms with Gasteiger partial charge in [0.1, 0.15) is 11.6 Å². The first-order chi connectivity index (χ1) is 41.7. The van der Waals surface area contributed by atoms with Gasteiger partial charge in [0.05, 0.1) is 61.3 Å². The van der Waals surface area contributed by atoms with Gasteiger partial charge in [-0.2, -0.15) is 71.1 Å². The lowest BCUT2D eigenvalue weighted by molar-refractivity contribution is -0.143. The summed E-state index contributed by atoms with van der Waals surface area (Å²) in [7, 11) is 0. The average molecular weight is 1220 g/mol. The molecule has 0 fully saturated rings. The number of benzene rings is 10. The summed E-state index contributed by atoms with van der Waals surface area (Å²) in [4.78, 5) is 0. The van der Waals surface area contributed by atoms with Crippen LogP contribution in [0.15, 0.2) is 176 Å². The molecule has 12 rings (SSSR count). The Labute approximate surface area is 497 Å². The van der Waals surface area contributed by atoms with Crippen LogP contribution in [0.1, 0.15) is 61.2 Å². The van der Waals surface area contributed by atoms with Crippen molar-refractivity contribution in [1.29, 1.82) is 5.26 Å². The molecule has 0 saturated carbocycles. The third-order valence-electron chi connectivity index (χ3n) is 15.9. The Bertz CT molecular complexity index is 4910. The van der Waals surface area contributed by atoms with Gasteiger partial charge in [0, 0.05) is 21.5 Å². The molecule has 0 amide bonds. The Morgan fingerprint density at radius 3 is 0.753 bits per heavy atom. The first kappa shape index (κ1) is 59.6. The van der Waals surface area contributed by atoms with Crippen LogP contribution in [-0.4, -0.2) is 9.13 Å². The molecule has 0 radical (unpaired) electrons. The van der Waals surface area contributed by atoms with Crippen molar-refractivity contribution >= 4 is 43.6 Å². The van der Waals surface area contributed by atoms with Crippen molar-refractivity contribution in [3.63, 3.8) is 0 Å². The zero-order valence-electron chi connectivity index (χ0n) is 47.3. The number of nitriles is 1.